The van der Waals surface area contributed by atoms with E-state index in [0.717, 1.165) is 17.4 Å². The average molecular weight is 246 g/mol. The van der Waals surface area contributed by atoms with Gasteiger partial charge in [-0.1, -0.05) is 25.1 Å². The van der Waals surface area contributed by atoms with E-state index in [-0.39, 0.29) is 5.54 Å². The van der Waals surface area contributed by atoms with E-state index >= 15 is 0 Å². The molecule has 2 rings (SSSR count). The third-order valence-electron chi connectivity index (χ3n) is 3.82. The summed E-state index contributed by atoms with van der Waals surface area (Å²) in [6.07, 6.45) is 1.09. The number of nitrogens with zero attached hydrogens (tertiary/aromatic N) is 2. The van der Waals surface area contributed by atoms with Gasteiger partial charge in [0.25, 0.3) is 0 Å². The van der Waals surface area contributed by atoms with Gasteiger partial charge in [0.05, 0.1) is 12.1 Å². The fourth-order valence-electron chi connectivity index (χ4n) is 3.29. The summed E-state index contributed by atoms with van der Waals surface area (Å²) >= 11 is 0. The van der Waals surface area contributed by atoms with Crippen molar-refractivity contribution in [1.29, 1.82) is 0 Å². The number of rotatable bonds is 2. The van der Waals surface area contributed by atoms with Gasteiger partial charge in [-0.25, -0.2) is 0 Å². The van der Waals surface area contributed by atoms with E-state index in [2.05, 4.69) is 71.6 Å². The van der Waals surface area contributed by atoms with Crippen molar-refractivity contribution in [3.8, 4) is 0 Å². The molecule has 0 aliphatic carbocycles. The Kier molecular flexibility index (Phi) is 3.18. The molecule has 100 valence electrons. The SMILES string of the molecule is CCc1cccc(C)c1N1[CH-][N+](C)(C)CC1(C)C. The summed E-state index contributed by atoms with van der Waals surface area (Å²) in [5.41, 5.74) is 4.41. The molecular weight excluding hydrogens is 220 g/mol. The smallest absolute Gasteiger partial charge is 0.0763 e. The first-order chi connectivity index (χ1) is 8.27. The van der Waals surface area contributed by atoms with Crippen LogP contribution in [0, 0.1) is 13.6 Å². The summed E-state index contributed by atoms with van der Waals surface area (Å²) in [6.45, 7) is 12.6. The summed E-state index contributed by atoms with van der Waals surface area (Å²) in [4.78, 5) is 2.49. The molecule has 0 aromatic heterocycles. The molecule has 18 heavy (non-hydrogen) atoms. The largest absolute Gasteiger partial charge is 0.460 e. The number of benzene rings is 1. The number of anilines is 1. The molecule has 1 aromatic rings. The Morgan fingerprint density at radius 3 is 2.50 bits per heavy atom. The van der Waals surface area contributed by atoms with Gasteiger partial charge < -0.3 is 9.38 Å². The number of likely N-dealkylation sites (N-methyl/N-ethyl adjacent to an activating group) is 1. The molecule has 1 fully saturated rings. The van der Waals surface area contributed by atoms with E-state index in [1.807, 2.05) is 0 Å². The Balaban J connectivity index is 2.49. The van der Waals surface area contributed by atoms with Crippen molar-refractivity contribution in [3.63, 3.8) is 0 Å². The van der Waals surface area contributed by atoms with Crippen LogP contribution in [0.3, 0.4) is 0 Å². The highest BCUT2D eigenvalue weighted by Gasteiger charge is 2.37. The molecule has 0 spiro atoms. The van der Waals surface area contributed by atoms with Crippen molar-refractivity contribution in [2.75, 3.05) is 25.5 Å². The standard InChI is InChI=1S/C16H26N2/c1-7-14-10-8-9-13(2)15(14)17-12-18(5,6)11-16(17,3)4/h8-10,12H,7,11H2,1-6H3. The molecule has 0 saturated carbocycles. The van der Waals surface area contributed by atoms with Gasteiger partial charge in [0.15, 0.2) is 0 Å². The summed E-state index contributed by atoms with van der Waals surface area (Å²) in [5.74, 6) is 0. The summed E-state index contributed by atoms with van der Waals surface area (Å²) < 4.78 is 0.949. The minimum absolute atomic E-state index is 0.180. The lowest BCUT2D eigenvalue weighted by Crippen LogP contribution is -2.41. The van der Waals surface area contributed by atoms with E-state index in [9.17, 15) is 0 Å². The highest BCUT2D eigenvalue weighted by Crippen LogP contribution is 2.39. The fraction of sp³-hybridized carbons (Fsp3) is 0.562. The Morgan fingerprint density at radius 2 is 2.00 bits per heavy atom. The lowest BCUT2D eigenvalue weighted by atomic mass is 9.99. The molecule has 1 aliphatic heterocycles. The topological polar surface area (TPSA) is 3.24 Å². The van der Waals surface area contributed by atoms with Crippen LogP contribution in [0.2, 0.25) is 0 Å². The van der Waals surface area contributed by atoms with Gasteiger partial charge in [-0.05, 0) is 45.0 Å². The number of para-hydroxylation sites is 1. The molecular formula is C16H26N2. The molecule has 0 radical (unpaired) electrons. The van der Waals surface area contributed by atoms with Crippen LogP contribution in [0.15, 0.2) is 18.2 Å². The lowest BCUT2D eigenvalue weighted by molar-refractivity contribution is -0.851. The summed E-state index contributed by atoms with van der Waals surface area (Å²) in [6, 6.07) is 6.64. The van der Waals surface area contributed by atoms with Crippen LogP contribution in [0.4, 0.5) is 5.69 Å². The van der Waals surface area contributed by atoms with Crippen molar-refractivity contribution in [1.82, 2.24) is 0 Å². The molecule has 1 aliphatic rings. The normalized spacial score (nSPS) is 21.3. The van der Waals surface area contributed by atoms with Gasteiger partial charge in [-0.2, -0.15) is 0 Å². The van der Waals surface area contributed by atoms with Crippen LogP contribution < -0.4 is 4.90 Å². The minimum Gasteiger partial charge on any atom is -0.460 e. The number of hydrogen-bond donors (Lipinski definition) is 0. The molecule has 1 saturated heterocycles. The monoisotopic (exact) mass is 246 g/mol. The zero-order valence-corrected chi connectivity index (χ0v) is 12.6. The van der Waals surface area contributed by atoms with Crippen molar-refractivity contribution in [3.05, 3.63) is 36.0 Å². The Hall–Kier alpha value is -1.02. The summed E-state index contributed by atoms with van der Waals surface area (Å²) in [5, 5.41) is 0. The number of hydrogen-bond acceptors (Lipinski definition) is 1. The number of aryl methyl sites for hydroxylation is 2. The number of quaternary nitrogens is 1. The van der Waals surface area contributed by atoms with Crippen molar-refractivity contribution < 1.29 is 4.48 Å². The van der Waals surface area contributed by atoms with Crippen LogP contribution in [-0.4, -0.2) is 30.7 Å². The zero-order valence-electron chi connectivity index (χ0n) is 12.6. The predicted molar refractivity (Wildman–Crippen MR) is 78.4 cm³/mol. The minimum atomic E-state index is 0.180. The second-order valence-corrected chi connectivity index (χ2v) is 6.67. The molecule has 1 heterocycles. The quantitative estimate of drug-likeness (QED) is 0.571. The highest BCUT2D eigenvalue weighted by molar-refractivity contribution is 5.62. The molecule has 0 amide bonds. The molecule has 2 heteroatoms. The Bertz CT molecular complexity index is 446. The van der Waals surface area contributed by atoms with Gasteiger partial charge in [0, 0.05) is 19.8 Å². The first-order valence-corrected chi connectivity index (χ1v) is 6.83. The maximum Gasteiger partial charge on any atom is 0.0763 e. The van der Waals surface area contributed by atoms with E-state index in [1.54, 1.807) is 0 Å². The molecule has 0 unspecified atom stereocenters. The van der Waals surface area contributed by atoms with E-state index in [1.165, 1.54) is 16.8 Å². The van der Waals surface area contributed by atoms with Crippen LogP contribution >= 0.6 is 0 Å². The van der Waals surface area contributed by atoms with Gasteiger partial charge in [0.2, 0.25) is 0 Å². The van der Waals surface area contributed by atoms with E-state index in [4.69, 9.17) is 0 Å². The van der Waals surface area contributed by atoms with Crippen molar-refractivity contribution in [2.45, 2.75) is 39.7 Å². The first-order valence-electron chi connectivity index (χ1n) is 6.83. The second-order valence-electron chi connectivity index (χ2n) is 6.67. The average Bonchev–Trinajstić information content (AvgIpc) is 2.46. The molecule has 1 aromatic carbocycles. The van der Waals surface area contributed by atoms with Crippen LogP contribution in [0.1, 0.15) is 31.9 Å². The maximum atomic E-state index is 2.49. The van der Waals surface area contributed by atoms with Gasteiger partial charge in [-0.3, -0.25) is 0 Å². The van der Waals surface area contributed by atoms with Gasteiger partial charge in [0.1, 0.15) is 0 Å². The van der Waals surface area contributed by atoms with E-state index < -0.39 is 0 Å². The van der Waals surface area contributed by atoms with E-state index in [0.29, 0.717) is 0 Å². The highest BCUT2D eigenvalue weighted by atomic mass is 15.5. The first kappa shape index (κ1) is 13.4. The third-order valence-corrected chi connectivity index (χ3v) is 3.82. The molecule has 2 nitrogen and oxygen atoms in total. The Morgan fingerprint density at radius 1 is 1.33 bits per heavy atom. The second kappa shape index (κ2) is 4.27. The van der Waals surface area contributed by atoms with Crippen LogP contribution in [0.5, 0.6) is 0 Å². The zero-order chi connectivity index (χ0) is 13.6. The predicted octanol–water partition coefficient (Wildman–Crippen LogP) is 3.35. The maximum absolute atomic E-state index is 2.49. The van der Waals surface area contributed by atoms with Crippen molar-refractivity contribution in [2.24, 2.45) is 0 Å². The van der Waals surface area contributed by atoms with Gasteiger partial charge in [-0.15, -0.1) is 0 Å². The fourth-order valence-corrected chi connectivity index (χ4v) is 3.29. The molecule has 0 bridgehead atoms. The lowest BCUT2D eigenvalue weighted by Gasteiger charge is -2.40. The summed E-state index contributed by atoms with van der Waals surface area (Å²) in [7, 11) is 4.54. The van der Waals surface area contributed by atoms with Gasteiger partial charge >= 0.3 is 0 Å². The van der Waals surface area contributed by atoms with Crippen LogP contribution in [-0.2, 0) is 6.42 Å². The third kappa shape index (κ3) is 2.26. The molecule has 0 N–H and O–H groups in total. The Labute approximate surface area is 112 Å². The van der Waals surface area contributed by atoms with Crippen molar-refractivity contribution >= 4 is 5.69 Å². The van der Waals surface area contributed by atoms with Crippen LogP contribution in [0.25, 0.3) is 0 Å². The molecule has 0 atom stereocenters.